The fraction of sp³-hybridized carbons (Fsp3) is 0.211. The molecule has 0 amide bonds. The zero-order valence-corrected chi connectivity index (χ0v) is 15.4. The molecule has 0 aromatic heterocycles. The Morgan fingerprint density at radius 2 is 1.65 bits per heavy atom. The second-order valence-electron chi connectivity index (χ2n) is 5.36. The molecule has 0 unspecified atom stereocenters. The van der Waals surface area contributed by atoms with Crippen molar-refractivity contribution >= 4 is 22.2 Å². The van der Waals surface area contributed by atoms with Crippen molar-refractivity contribution in [3.8, 4) is 5.75 Å². The number of rotatable bonds is 8. The molecule has 0 saturated carbocycles. The summed E-state index contributed by atoms with van der Waals surface area (Å²) in [6.07, 6.45) is 2.94. The minimum absolute atomic E-state index is 0.0858. The number of aryl methyl sites for hydroxylation is 1. The van der Waals surface area contributed by atoms with Gasteiger partial charge < -0.3 is 9.47 Å². The average Bonchev–Trinajstić information content (AvgIpc) is 2.64. The third-order valence-electron chi connectivity index (χ3n) is 3.39. The van der Waals surface area contributed by atoms with Crippen molar-refractivity contribution in [2.24, 2.45) is 0 Å². The highest BCUT2D eigenvalue weighted by Crippen LogP contribution is 2.15. The molecule has 0 N–H and O–H groups in total. The molecule has 7 heteroatoms. The minimum Gasteiger partial charge on any atom is -0.491 e. The molecule has 0 aliphatic heterocycles. The summed E-state index contributed by atoms with van der Waals surface area (Å²) in [7, 11) is -2.48. The SMILES string of the molecule is COC(=O)C=Cc1ccc(OCCOS(=O)(=O)c2ccc(C)cc2)cc1. The molecular weight excluding hydrogens is 356 g/mol. The van der Waals surface area contributed by atoms with Gasteiger partial charge in [-0.05, 0) is 42.8 Å². The fourth-order valence-corrected chi connectivity index (χ4v) is 2.88. The second kappa shape index (κ2) is 9.17. The van der Waals surface area contributed by atoms with Crippen LogP contribution in [-0.2, 0) is 23.8 Å². The molecule has 0 aliphatic rings. The van der Waals surface area contributed by atoms with Gasteiger partial charge in [0.1, 0.15) is 19.0 Å². The fourth-order valence-electron chi connectivity index (χ4n) is 1.98. The first kappa shape index (κ1) is 19.7. The van der Waals surface area contributed by atoms with Crippen LogP contribution in [0.4, 0.5) is 0 Å². The van der Waals surface area contributed by atoms with Crippen LogP contribution in [0.1, 0.15) is 11.1 Å². The molecule has 6 nitrogen and oxygen atoms in total. The summed E-state index contributed by atoms with van der Waals surface area (Å²) in [5.74, 6) is 0.133. The van der Waals surface area contributed by atoms with Crippen LogP contribution in [0, 0.1) is 6.92 Å². The lowest BCUT2D eigenvalue weighted by Gasteiger charge is -2.08. The molecular formula is C19H20O6S. The number of carbonyl (C=O) groups is 1. The van der Waals surface area contributed by atoms with E-state index in [0.29, 0.717) is 5.75 Å². The lowest BCUT2D eigenvalue weighted by molar-refractivity contribution is -0.134. The Labute approximate surface area is 153 Å². The van der Waals surface area contributed by atoms with Crippen molar-refractivity contribution in [3.63, 3.8) is 0 Å². The molecule has 2 aromatic rings. The van der Waals surface area contributed by atoms with Crippen LogP contribution < -0.4 is 4.74 Å². The van der Waals surface area contributed by atoms with Crippen molar-refractivity contribution in [2.75, 3.05) is 20.3 Å². The molecule has 0 bridgehead atoms. The third kappa shape index (κ3) is 6.02. The zero-order valence-electron chi connectivity index (χ0n) is 14.5. The molecule has 26 heavy (non-hydrogen) atoms. The van der Waals surface area contributed by atoms with E-state index >= 15 is 0 Å². The van der Waals surface area contributed by atoms with Gasteiger partial charge in [0, 0.05) is 6.08 Å². The first-order valence-electron chi connectivity index (χ1n) is 7.86. The van der Waals surface area contributed by atoms with Gasteiger partial charge in [0.25, 0.3) is 10.1 Å². The highest BCUT2D eigenvalue weighted by molar-refractivity contribution is 7.86. The maximum Gasteiger partial charge on any atom is 0.330 e. The van der Waals surface area contributed by atoms with Crippen LogP contribution >= 0.6 is 0 Å². The second-order valence-corrected chi connectivity index (χ2v) is 6.98. The van der Waals surface area contributed by atoms with Gasteiger partial charge in [-0.15, -0.1) is 0 Å². The summed E-state index contributed by atoms with van der Waals surface area (Å²) >= 11 is 0. The topological polar surface area (TPSA) is 78.9 Å². The monoisotopic (exact) mass is 376 g/mol. The molecule has 0 saturated heterocycles. The van der Waals surface area contributed by atoms with E-state index in [-0.39, 0.29) is 18.1 Å². The summed E-state index contributed by atoms with van der Waals surface area (Å²) in [6, 6.07) is 13.4. The van der Waals surface area contributed by atoms with Gasteiger partial charge in [-0.3, -0.25) is 4.18 Å². The summed E-state index contributed by atoms with van der Waals surface area (Å²) < 4.78 is 39.0. The van der Waals surface area contributed by atoms with E-state index in [2.05, 4.69) is 4.74 Å². The Balaban J connectivity index is 1.81. The molecule has 2 aromatic carbocycles. The van der Waals surface area contributed by atoms with E-state index in [1.165, 1.54) is 25.3 Å². The van der Waals surface area contributed by atoms with E-state index in [1.54, 1.807) is 42.5 Å². The average molecular weight is 376 g/mol. The van der Waals surface area contributed by atoms with Gasteiger partial charge in [-0.1, -0.05) is 29.8 Å². The lowest BCUT2D eigenvalue weighted by atomic mass is 10.2. The van der Waals surface area contributed by atoms with Crippen LogP contribution in [0.25, 0.3) is 6.08 Å². The quantitative estimate of drug-likeness (QED) is 0.305. The van der Waals surface area contributed by atoms with Gasteiger partial charge in [0.15, 0.2) is 0 Å². The number of esters is 1. The standard InChI is InChI=1S/C19H20O6S/c1-15-3-10-18(11-4-15)26(21,22)25-14-13-24-17-8-5-16(6-9-17)7-12-19(20)23-2/h3-12H,13-14H2,1-2H3. The molecule has 0 atom stereocenters. The molecule has 0 fully saturated rings. The van der Waals surface area contributed by atoms with Crippen molar-refractivity contribution in [1.82, 2.24) is 0 Å². The highest BCUT2D eigenvalue weighted by Gasteiger charge is 2.14. The Bertz CT molecular complexity index is 852. The van der Waals surface area contributed by atoms with Crippen molar-refractivity contribution in [1.29, 1.82) is 0 Å². The summed E-state index contributed by atoms with van der Waals surface area (Å²) in [5.41, 5.74) is 1.78. The Hall–Kier alpha value is -2.64. The smallest absolute Gasteiger partial charge is 0.330 e. The summed E-state index contributed by atoms with van der Waals surface area (Å²) in [5, 5.41) is 0. The van der Waals surface area contributed by atoms with E-state index in [4.69, 9.17) is 8.92 Å². The molecule has 0 heterocycles. The summed E-state index contributed by atoms with van der Waals surface area (Å²) in [6.45, 7) is 1.87. The van der Waals surface area contributed by atoms with Crippen LogP contribution in [0.15, 0.2) is 59.5 Å². The number of methoxy groups -OCH3 is 1. The first-order valence-corrected chi connectivity index (χ1v) is 9.26. The molecule has 138 valence electrons. The summed E-state index contributed by atoms with van der Waals surface area (Å²) in [4.78, 5) is 11.1. The Kier molecular flexibility index (Phi) is 6.94. The van der Waals surface area contributed by atoms with Crippen molar-refractivity contribution in [3.05, 3.63) is 65.7 Å². The van der Waals surface area contributed by atoms with E-state index < -0.39 is 16.1 Å². The molecule has 0 radical (unpaired) electrons. The van der Waals surface area contributed by atoms with Crippen LogP contribution in [-0.4, -0.2) is 34.7 Å². The van der Waals surface area contributed by atoms with E-state index in [9.17, 15) is 13.2 Å². The number of carbonyl (C=O) groups excluding carboxylic acids is 1. The number of hydrogen-bond acceptors (Lipinski definition) is 6. The molecule has 0 spiro atoms. The third-order valence-corrected chi connectivity index (χ3v) is 4.72. The zero-order chi connectivity index (χ0) is 19.0. The first-order chi connectivity index (χ1) is 12.4. The van der Waals surface area contributed by atoms with Gasteiger partial charge in [-0.25, -0.2) is 4.79 Å². The lowest BCUT2D eigenvalue weighted by Crippen LogP contribution is -2.13. The predicted molar refractivity (Wildman–Crippen MR) is 97.3 cm³/mol. The Morgan fingerprint density at radius 3 is 2.27 bits per heavy atom. The van der Waals surface area contributed by atoms with Crippen LogP contribution in [0.5, 0.6) is 5.75 Å². The van der Waals surface area contributed by atoms with Crippen molar-refractivity contribution in [2.45, 2.75) is 11.8 Å². The number of benzene rings is 2. The van der Waals surface area contributed by atoms with E-state index in [0.717, 1.165) is 11.1 Å². The van der Waals surface area contributed by atoms with Gasteiger partial charge >= 0.3 is 5.97 Å². The van der Waals surface area contributed by atoms with Gasteiger partial charge in [-0.2, -0.15) is 8.42 Å². The maximum atomic E-state index is 12.0. The molecule has 2 rings (SSSR count). The van der Waals surface area contributed by atoms with Crippen LogP contribution in [0.3, 0.4) is 0 Å². The van der Waals surface area contributed by atoms with E-state index in [1.807, 2.05) is 6.92 Å². The number of hydrogen-bond donors (Lipinski definition) is 0. The highest BCUT2D eigenvalue weighted by atomic mass is 32.2. The van der Waals surface area contributed by atoms with Gasteiger partial charge in [0.2, 0.25) is 0 Å². The van der Waals surface area contributed by atoms with Gasteiger partial charge in [0.05, 0.1) is 12.0 Å². The molecule has 0 aliphatic carbocycles. The normalized spacial score (nSPS) is 11.5. The minimum atomic E-state index is -3.79. The Morgan fingerprint density at radius 1 is 1.00 bits per heavy atom. The maximum absolute atomic E-state index is 12.0. The number of ether oxygens (including phenoxy) is 2. The van der Waals surface area contributed by atoms with Crippen molar-refractivity contribution < 1.29 is 26.9 Å². The largest absolute Gasteiger partial charge is 0.491 e. The predicted octanol–water partition coefficient (Wildman–Crippen LogP) is 2.97. The van der Waals surface area contributed by atoms with Crippen LogP contribution in [0.2, 0.25) is 0 Å².